The first-order valence-electron chi connectivity index (χ1n) is 13.2. The Kier molecular flexibility index (Phi) is 12.5. The Morgan fingerprint density at radius 2 is 1.54 bits per heavy atom. The van der Waals surface area contributed by atoms with E-state index in [1.54, 1.807) is 10.8 Å². The van der Waals surface area contributed by atoms with E-state index in [1.165, 1.54) is 67.2 Å². The number of hydrogen-bond acceptors (Lipinski definition) is 0. The van der Waals surface area contributed by atoms with Gasteiger partial charge in [0.1, 0.15) is 0 Å². The summed E-state index contributed by atoms with van der Waals surface area (Å²) in [5.74, 6) is 0.826. The van der Waals surface area contributed by atoms with E-state index in [2.05, 4.69) is 83.2 Å². The largest absolute Gasteiger partial charge is 3.00 e. The third kappa shape index (κ3) is 6.71. The number of aryl methyl sites for hydroxylation is 2. The zero-order chi connectivity index (χ0) is 22.8. The molecule has 0 nitrogen and oxygen atoms in total. The van der Waals surface area contributed by atoms with E-state index in [9.17, 15) is 0 Å². The molecule has 0 spiro atoms. The van der Waals surface area contributed by atoms with Crippen LogP contribution in [0.25, 0.3) is 0 Å². The van der Waals surface area contributed by atoms with Crippen LogP contribution in [-0.4, -0.2) is 9.52 Å². The van der Waals surface area contributed by atoms with Crippen molar-refractivity contribution in [3.8, 4) is 0 Å². The first-order valence-corrected chi connectivity index (χ1v) is 14.6. The maximum atomic E-state index is 4.15. The molecule has 2 heteroatoms. The van der Waals surface area contributed by atoms with E-state index in [0.717, 1.165) is 18.8 Å². The molecule has 189 valence electrons. The summed E-state index contributed by atoms with van der Waals surface area (Å²) in [5.41, 5.74) is 7.88. The Morgan fingerprint density at radius 3 is 2.03 bits per heavy atom. The van der Waals surface area contributed by atoms with Crippen LogP contribution in [0.5, 0.6) is 0 Å². The summed E-state index contributed by atoms with van der Waals surface area (Å²) < 4.78 is 0. The molecule has 2 unspecified atom stereocenters. The van der Waals surface area contributed by atoms with Gasteiger partial charge in [-0.3, -0.25) is 6.08 Å². The second-order valence-electron chi connectivity index (χ2n) is 10.9. The van der Waals surface area contributed by atoms with Crippen LogP contribution in [0.4, 0.5) is 0 Å². The number of benzene rings is 1. The normalized spacial score (nSPS) is 26.4. The first-order chi connectivity index (χ1) is 15.4. The van der Waals surface area contributed by atoms with Crippen LogP contribution in [0, 0.1) is 32.3 Å². The molecule has 0 amide bonds. The van der Waals surface area contributed by atoms with Crippen LogP contribution in [-0.2, 0) is 34.6 Å². The molecule has 0 N–H and O–H groups in total. The van der Waals surface area contributed by atoms with Gasteiger partial charge in [-0.05, 0) is 54.6 Å². The van der Waals surface area contributed by atoms with Crippen LogP contribution >= 0.6 is 0 Å². The SMILES string of the molecule is CCc1cc(CC)cc([SiH2]C2(CC3(C4CCCCC4)C=CC=CC3)[C-]=C(C)C(C)=C2C)c1.[CH3-].[CH3-].[Ti+3]. The Labute approximate surface area is 235 Å². The summed E-state index contributed by atoms with van der Waals surface area (Å²) in [4.78, 5) is 0. The summed E-state index contributed by atoms with van der Waals surface area (Å²) in [6.07, 6.45) is 25.7. The van der Waals surface area contributed by atoms with Crippen molar-refractivity contribution in [1.29, 1.82) is 0 Å². The Hall–Kier alpha value is -0.889. The van der Waals surface area contributed by atoms with Crippen molar-refractivity contribution >= 4 is 14.7 Å². The van der Waals surface area contributed by atoms with Crippen LogP contribution in [0.1, 0.15) is 90.7 Å². The van der Waals surface area contributed by atoms with Crippen LogP contribution < -0.4 is 5.19 Å². The maximum Gasteiger partial charge on any atom is 3.00 e. The van der Waals surface area contributed by atoms with Crippen molar-refractivity contribution in [1.82, 2.24) is 0 Å². The van der Waals surface area contributed by atoms with Gasteiger partial charge in [0.2, 0.25) is 0 Å². The average Bonchev–Trinajstić information content (AvgIpc) is 3.02. The first kappa shape index (κ1) is 32.1. The van der Waals surface area contributed by atoms with Gasteiger partial charge in [0.15, 0.2) is 0 Å². The van der Waals surface area contributed by atoms with Gasteiger partial charge in [-0.15, -0.1) is 6.92 Å². The fourth-order valence-electron chi connectivity index (χ4n) is 6.80. The van der Waals surface area contributed by atoms with Gasteiger partial charge < -0.3 is 14.9 Å². The number of allylic oxidation sites excluding steroid dienone is 8. The fraction of sp³-hybridized carbons (Fsp3) is 0.515. The van der Waals surface area contributed by atoms with Crippen molar-refractivity contribution in [2.24, 2.45) is 11.3 Å². The molecule has 3 aliphatic rings. The van der Waals surface area contributed by atoms with Crippen molar-refractivity contribution in [3.05, 3.63) is 91.3 Å². The molecule has 1 aromatic carbocycles. The molecule has 35 heavy (non-hydrogen) atoms. The van der Waals surface area contributed by atoms with Crippen molar-refractivity contribution in [2.75, 3.05) is 0 Å². The Bertz CT molecular complexity index is 937. The second kappa shape index (κ2) is 13.6. The van der Waals surface area contributed by atoms with Crippen molar-refractivity contribution < 1.29 is 21.7 Å². The van der Waals surface area contributed by atoms with E-state index in [-0.39, 0.29) is 41.6 Å². The quantitative estimate of drug-likeness (QED) is 0.250. The van der Waals surface area contributed by atoms with E-state index >= 15 is 0 Å². The van der Waals surface area contributed by atoms with E-state index in [0.29, 0.717) is 5.41 Å². The van der Waals surface area contributed by atoms with Crippen molar-refractivity contribution in [3.63, 3.8) is 0 Å². The van der Waals surface area contributed by atoms with Crippen LogP contribution in [0.3, 0.4) is 0 Å². The predicted octanol–water partition coefficient (Wildman–Crippen LogP) is 8.23. The fourth-order valence-corrected chi connectivity index (χ4v) is 9.70. The van der Waals surface area contributed by atoms with E-state index in [1.807, 2.05) is 0 Å². The standard InChI is InChI=1S/C31H43Si.2CH3.Ti/c1-6-26-18-27(7-2)20-29(19-26)32-31(21-23(3)24(4)25(31)5)22-30(16-12-9-13-17-30)28-14-10-8-11-15-28;;;/h9,12-13,16,18-20,28H,6-8,10-11,14-15,17,22,32H2,1-5H3;2*1H3;/q3*-1;+3. The maximum absolute atomic E-state index is 4.15. The minimum absolute atomic E-state index is 0. The molecular formula is C33H49SiTi. The minimum Gasteiger partial charge on any atom is -0.358 e. The smallest absolute Gasteiger partial charge is 0.358 e. The van der Waals surface area contributed by atoms with Gasteiger partial charge in [-0.1, -0.05) is 106 Å². The summed E-state index contributed by atoms with van der Waals surface area (Å²) in [7, 11) is -0.580. The molecular weight excluding hydrogens is 472 g/mol. The summed E-state index contributed by atoms with van der Waals surface area (Å²) in [6.45, 7) is 11.7. The summed E-state index contributed by atoms with van der Waals surface area (Å²) in [5, 5.41) is 1.79. The van der Waals surface area contributed by atoms with Gasteiger partial charge in [-0.2, -0.15) is 11.1 Å². The molecule has 1 saturated carbocycles. The topological polar surface area (TPSA) is 0 Å². The van der Waals surface area contributed by atoms with Gasteiger partial charge in [-0.25, -0.2) is 5.57 Å². The summed E-state index contributed by atoms with van der Waals surface area (Å²) in [6, 6.07) is 7.50. The Morgan fingerprint density at radius 1 is 0.914 bits per heavy atom. The van der Waals surface area contributed by atoms with Crippen LogP contribution in [0.15, 0.2) is 59.2 Å². The third-order valence-electron chi connectivity index (χ3n) is 8.93. The second-order valence-corrected chi connectivity index (χ2v) is 13.2. The monoisotopic (exact) mass is 521 g/mol. The molecule has 0 bridgehead atoms. The molecule has 1 radical (unpaired) electrons. The summed E-state index contributed by atoms with van der Waals surface area (Å²) >= 11 is 0. The molecule has 4 rings (SSSR count). The van der Waals surface area contributed by atoms with E-state index in [4.69, 9.17) is 0 Å². The van der Waals surface area contributed by atoms with Gasteiger partial charge in [0, 0.05) is 9.52 Å². The van der Waals surface area contributed by atoms with Gasteiger partial charge in [0.05, 0.1) is 0 Å². The molecule has 0 aromatic heterocycles. The van der Waals surface area contributed by atoms with Gasteiger partial charge >= 0.3 is 21.7 Å². The van der Waals surface area contributed by atoms with E-state index < -0.39 is 9.52 Å². The average molecular weight is 522 g/mol. The molecule has 0 heterocycles. The molecule has 1 fully saturated rings. The molecule has 0 aliphatic heterocycles. The Balaban J connectivity index is 0.00000204. The molecule has 3 aliphatic carbocycles. The third-order valence-corrected chi connectivity index (χ3v) is 11.3. The van der Waals surface area contributed by atoms with Crippen LogP contribution in [0.2, 0.25) is 5.04 Å². The zero-order valence-electron chi connectivity index (χ0n) is 23.7. The van der Waals surface area contributed by atoms with Crippen molar-refractivity contribution in [2.45, 2.75) is 97.4 Å². The van der Waals surface area contributed by atoms with Gasteiger partial charge in [0.25, 0.3) is 0 Å². The predicted molar refractivity (Wildman–Crippen MR) is 156 cm³/mol. The molecule has 0 saturated heterocycles. The molecule has 2 atom stereocenters. The molecule has 1 aromatic rings. The number of rotatable bonds is 7. The zero-order valence-corrected chi connectivity index (χ0v) is 26.7. The number of hydrogen-bond donors (Lipinski definition) is 0. The minimum atomic E-state index is -0.580.